The number of benzene rings is 2. The van der Waals surface area contributed by atoms with E-state index in [0.29, 0.717) is 13.0 Å². The Morgan fingerprint density at radius 2 is 1.80 bits per heavy atom. The minimum absolute atomic E-state index is 0.116. The lowest BCUT2D eigenvalue weighted by atomic mass is 10.1. The van der Waals surface area contributed by atoms with Crippen molar-refractivity contribution < 1.29 is 19.1 Å². The molecule has 132 valence electrons. The van der Waals surface area contributed by atoms with E-state index in [9.17, 15) is 9.59 Å². The minimum atomic E-state index is -0.740. The Kier molecular flexibility index (Phi) is 7.87. The standard InChI is InChI=1S/C19H20INO4/c1-24-19(23)17(11-15-8-5-9-16(20)10-15)21-18(22)13-25-12-14-6-3-2-4-7-14/h2-10,17H,11-13H2,1H3,(H,21,22)/t17-/m1/s1. The quantitative estimate of drug-likeness (QED) is 0.493. The molecule has 25 heavy (non-hydrogen) atoms. The van der Waals surface area contributed by atoms with Crippen molar-refractivity contribution in [3.05, 3.63) is 69.3 Å². The van der Waals surface area contributed by atoms with Gasteiger partial charge >= 0.3 is 5.97 Å². The number of esters is 1. The second-order valence-corrected chi connectivity index (χ2v) is 6.70. The van der Waals surface area contributed by atoms with Crippen LogP contribution in [0.15, 0.2) is 54.6 Å². The highest BCUT2D eigenvalue weighted by Gasteiger charge is 2.22. The van der Waals surface area contributed by atoms with Gasteiger partial charge in [0.15, 0.2) is 0 Å². The number of rotatable bonds is 8. The molecule has 5 nitrogen and oxygen atoms in total. The van der Waals surface area contributed by atoms with Crippen molar-refractivity contribution >= 4 is 34.5 Å². The number of ether oxygens (including phenoxy) is 2. The Labute approximate surface area is 160 Å². The molecule has 0 saturated carbocycles. The van der Waals surface area contributed by atoms with Gasteiger partial charge in [0, 0.05) is 9.99 Å². The van der Waals surface area contributed by atoms with E-state index in [4.69, 9.17) is 9.47 Å². The van der Waals surface area contributed by atoms with E-state index in [0.717, 1.165) is 14.7 Å². The second-order valence-electron chi connectivity index (χ2n) is 5.46. The van der Waals surface area contributed by atoms with E-state index in [1.165, 1.54) is 7.11 Å². The lowest BCUT2D eigenvalue weighted by molar-refractivity contribution is -0.145. The molecule has 1 atom stereocenters. The third-order valence-corrected chi connectivity index (χ3v) is 4.17. The van der Waals surface area contributed by atoms with Crippen LogP contribution in [0.5, 0.6) is 0 Å². The molecule has 0 aliphatic carbocycles. The molecule has 0 aromatic heterocycles. The highest BCUT2D eigenvalue weighted by Crippen LogP contribution is 2.10. The monoisotopic (exact) mass is 453 g/mol. The van der Waals surface area contributed by atoms with Gasteiger partial charge < -0.3 is 14.8 Å². The van der Waals surface area contributed by atoms with Crippen molar-refractivity contribution in [1.82, 2.24) is 5.32 Å². The van der Waals surface area contributed by atoms with Crippen LogP contribution in [0.1, 0.15) is 11.1 Å². The molecule has 0 heterocycles. The summed E-state index contributed by atoms with van der Waals surface area (Å²) in [5.41, 5.74) is 1.94. The van der Waals surface area contributed by atoms with E-state index in [2.05, 4.69) is 27.9 Å². The molecule has 0 saturated heterocycles. The lowest BCUT2D eigenvalue weighted by Crippen LogP contribution is -2.44. The molecular weight excluding hydrogens is 433 g/mol. The van der Waals surface area contributed by atoms with Gasteiger partial charge in [0.1, 0.15) is 12.6 Å². The molecule has 0 aliphatic rings. The normalized spacial score (nSPS) is 11.6. The summed E-state index contributed by atoms with van der Waals surface area (Å²) in [7, 11) is 1.31. The lowest BCUT2D eigenvalue weighted by Gasteiger charge is -2.17. The van der Waals surface area contributed by atoms with Crippen LogP contribution in [0, 0.1) is 3.57 Å². The van der Waals surface area contributed by atoms with Gasteiger partial charge in [0.2, 0.25) is 5.91 Å². The first kappa shape index (κ1) is 19.4. The van der Waals surface area contributed by atoms with Crippen LogP contribution < -0.4 is 5.32 Å². The summed E-state index contributed by atoms with van der Waals surface area (Å²) in [6, 6.07) is 16.6. The summed E-state index contributed by atoms with van der Waals surface area (Å²) in [4.78, 5) is 24.0. The third-order valence-electron chi connectivity index (χ3n) is 3.49. The molecule has 0 bridgehead atoms. The Balaban J connectivity index is 1.87. The molecule has 0 aliphatic heterocycles. The van der Waals surface area contributed by atoms with Gasteiger partial charge in [-0.05, 0) is 45.9 Å². The van der Waals surface area contributed by atoms with E-state index < -0.39 is 12.0 Å². The number of carbonyl (C=O) groups is 2. The Morgan fingerprint density at radius 1 is 1.08 bits per heavy atom. The van der Waals surface area contributed by atoms with E-state index >= 15 is 0 Å². The number of carbonyl (C=O) groups excluding carboxylic acids is 2. The molecule has 0 spiro atoms. The van der Waals surface area contributed by atoms with Gasteiger partial charge in [-0.15, -0.1) is 0 Å². The zero-order chi connectivity index (χ0) is 18.1. The molecule has 2 aromatic rings. The largest absolute Gasteiger partial charge is 0.467 e. The molecule has 1 amide bonds. The van der Waals surface area contributed by atoms with Crippen LogP contribution in [0.4, 0.5) is 0 Å². The molecule has 1 N–H and O–H groups in total. The highest BCUT2D eigenvalue weighted by molar-refractivity contribution is 14.1. The predicted octanol–water partition coefficient (Wildman–Crippen LogP) is 2.71. The van der Waals surface area contributed by atoms with Crippen molar-refractivity contribution in [2.45, 2.75) is 19.1 Å². The Bertz CT molecular complexity index is 706. The number of hydrogen-bond donors (Lipinski definition) is 1. The maximum Gasteiger partial charge on any atom is 0.328 e. The maximum atomic E-state index is 12.1. The topological polar surface area (TPSA) is 64.6 Å². The van der Waals surface area contributed by atoms with Crippen molar-refractivity contribution in [3.63, 3.8) is 0 Å². The average Bonchev–Trinajstić information content (AvgIpc) is 2.61. The van der Waals surface area contributed by atoms with Gasteiger partial charge in [-0.1, -0.05) is 42.5 Å². The summed E-state index contributed by atoms with van der Waals surface area (Å²) < 4.78 is 11.3. The van der Waals surface area contributed by atoms with Gasteiger partial charge in [0.25, 0.3) is 0 Å². The molecule has 0 fully saturated rings. The summed E-state index contributed by atoms with van der Waals surface area (Å²) >= 11 is 2.20. The minimum Gasteiger partial charge on any atom is -0.467 e. The maximum absolute atomic E-state index is 12.1. The Hall–Kier alpha value is -1.93. The van der Waals surface area contributed by atoms with Crippen LogP contribution in [0.3, 0.4) is 0 Å². The average molecular weight is 453 g/mol. The van der Waals surface area contributed by atoms with E-state index in [1.54, 1.807) is 0 Å². The van der Waals surface area contributed by atoms with E-state index in [1.807, 2.05) is 54.6 Å². The van der Waals surface area contributed by atoms with Crippen LogP contribution in [-0.2, 0) is 32.1 Å². The van der Waals surface area contributed by atoms with Gasteiger partial charge in [-0.25, -0.2) is 4.79 Å². The van der Waals surface area contributed by atoms with Crippen LogP contribution in [0.25, 0.3) is 0 Å². The third kappa shape index (κ3) is 6.83. The van der Waals surface area contributed by atoms with Gasteiger partial charge in [0.05, 0.1) is 13.7 Å². The first-order valence-corrected chi connectivity index (χ1v) is 8.89. The van der Waals surface area contributed by atoms with Crippen LogP contribution in [0.2, 0.25) is 0 Å². The molecule has 0 radical (unpaired) electrons. The molecule has 0 unspecified atom stereocenters. The predicted molar refractivity (Wildman–Crippen MR) is 103 cm³/mol. The van der Waals surface area contributed by atoms with Crippen molar-refractivity contribution in [1.29, 1.82) is 0 Å². The number of amides is 1. The molecular formula is C19H20INO4. The second kappa shape index (κ2) is 10.1. The number of nitrogens with one attached hydrogen (secondary N) is 1. The molecule has 6 heteroatoms. The fourth-order valence-electron chi connectivity index (χ4n) is 2.31. The van der Waals surface area contributed by atoms with Gasteiger partial charge in [-0.2, -0.15) is 0 Å². The highest BCUT2D eigenvalue weighted by atomic mass is 127. The van der Waals surface area contributed by atoms with Gasteiger partial charge in [-0.3, -0.25) is 4.79 Å². The summed E-state index contributed by atoms with van der Waals surface area (Å²) in [5.74, 6) is -0.827. The van der Waals surface area contributed by atoms with E-state index in [-0.39, 0.29) is 12.5 Å². The van der Waals surface area contributed by atoms with Crippen molar-refractivity contribution in [2.75, 3.05) is 13.7 Å². The van der Waals surface area contributed by atoms with Crippen LogP contribution in [-0.4, -0.2) is 31.6 Å². The number of hydrogen-bond acceptors (Lipinski definition) is 4. The fourth-order valence-corrected chi connectivity index (χ4v) is 2.91. The summed E-state index contributed by atoms with van der Waals surface area (Å²) in [6.07, 6.45) is 0.369. The first-order valence-electron chi connectivity index (χ1n) is 7.82. The summed E-state index contributed by atoms with van der Waals surface area (Å²) in [5, 5.41) is 2.68. The SMILES string of the molecule is COC(=O)[C@@H](Cc1cccc(I)c1)NC(=O)COCc1ccccc1. The zero-order valence-electron chi connectivity index (χ0n) is 13.9. The summed E-state index contributed by atoms with van der Waals surface area (Å²) in [6.45, 7) is 0.225. The van der Waals surface area contributed by atoms with Crippen molar-refractivity contribution in [3.8, 4) is 0 Å². The molecule has 2 rings (SSSR count). The number of halogens is 1. The fraction of sp³-hybridized carbons (Fsp3) is 0.263. The number of methoxy groups -OCH3 is 1. The first-order chi connectivity index (χ1) is 12.1. The Morgan fingerprint density at radius 3 is 2.48 bits per heavy atom. The smallest absolute Gasteiger partial charge is 0.328 e. The zero-order valence-corrected chi connectivity index (χ0v) is 16.1. The van der Waals surface area contributed by atoms with Crippen LogP contribution >= 0.6 is 22.6 Å². The van der Waals surface area contributed by atoms with Crippen molar-refractivity contribution in [2.24, 2.45) is 0 Å². The molecule has 2 aromatic carbocycles.